The molecule has 0 aliphatic rings. The number of carbonyl (C=O) groups is 2. The molecule has 1 aromatic heterocycles. The van der Waals surface area contributed by atoms with Gasteiger partial charge in [0, 0.05) is 17.8 Å². The van der Waals surface area contributed by atoms with E-state index >= 15 is 0 Å². The number of H-pyrrole nitrogens is 1. The first kappa shape index (κ1) is 20.9. The van der Waals surface area contributed by atoms with E-state index < -0.39 is 0 Å². The van der Waals surface area contributed by atoms with Crippen LogP contribution < -0.4 is 15.4 Å². The zero-order valence-electron chi connectivity index (χ0n) is 16.4. The molecule has 6 nitrogen and oxygen atoms in total. The van der Waals surface area contributed by atoms with Crippen molar-refractivity contribution in [1.29, 1.82) is 0 Å². The third-order valence-electron chi connectivity index (χ3n) is 4.06. The van der Waals surface area contributed by atoms with Crippen LogP contribution in [0.15, 0.2) is 35.5 Å². The fourth-order valence-electron chi connectivity index (χ4n) is 2.47. The summed E-state index contributed by atoms with van der Waals surface area (Å²) in [6, 6.07) is 6.94. The fraction of sp³-hybridized carbons (Fsp3) is 0.400. The molecule has 0 bridgehead atoms. The maximum absolute atomic E-state index is 12.9. The Labute approximate surface area is 164 Å². The van der Waals surface area contributed by atoms with Crippen LogP contribution in [0.3, 0.4) is 0 Å². The van der Waals surface area contributed by atoms with Crippen molar-refractivity contribution in [2.24, 2.45) is 5.92 Å². The summed E-state index contributed by atoms with van der Waals surface area (Å²) in [7, 11) is 0. The molecule has 1 atom stereocenters. The number of aromatic nitrogens is 1. The third kappa shape index (κ3) is 5.53. The highest BCUT2D eigenvalue weighted by atomic mass is 32.2. The van der Waals surface area contributed by atoms with Crippen molar-refractivity contribution in [1.82, 2.24) is 10.3 Å². The van der Waals surface area contributed by atoms with Gasteiger partial charge in [-0.2, -0.15) is 0 Å². The Morgan fingerprint density at radius 1 is 1.22 bits per heavy atom. The molecule has 0 aliphatic heterocycles. The number of aromatic amines is 1. The smallest absolute Gasteiger partial charge is 0.255 e. The van der Waals surface area contributed by atoms with E-state index in [0.717, 1.165) is 10.6 Å². The van der Waals surface area contributed by atoms with E-state index in [4.69, 9.17) is 4.74 Å². The summed E-state index contributed by atoms with van der Waals surface area (Å²) >= 11 is 1.61. The normalized spacial score (nSPS) is 11.9. The van der Waals surface area contributed by atoms with Crippen LogP contribution in [-0.2, 0) is 4.79 Å². The molecule has 0 spiro atoms. The molecule has 7 heteroatoms. The highest BCUT2D eigenvalue weighted by Crippen LogP contribution is 2.25. The first-order chi connectivity index (χ1) is 12.8. The van der Waals surface area contributed by atoms with Gasteiger partial charge in [0.15, 0.2) is 0 Å². The minimum absolute atomic E-state index is 0.101. The summed E-state index contributed by atoms with van der Waals surface area (Å²) in [5.74, 6) is -0.00833. The van der Waals surface area contributed by atoms with Crippen molar-refractivity contribution in [3.05, 3.63) is 41.6 Å². The number of nitrogens with one attached hydrogen (secondary N) is 3. The quantitative estimate of drug-likeness (QED) is 0.590. The third-order valence-corrected chi connectivity index (χ3v) is 4.74. The minimum Gasteiger partial charge on any atom is -0.493 e. The molecule has 0 saturated carbocycles. The Hall–Kier alpha value is -2.41. The Bertz CT molecular complexity index is 802. The van der Waals surface area contributed by atoms with E-state index in [0.29, 0.717) is 23.6 Å². The first-order valence-corrected chi connectivity index (χ1v) is 10.2. The van der Waals surface area contributed by atoms with E-state index in [1.807, 2.05) is 46.2 Å². The van der Waals surface area contributed by atoms with Crippen LogP contribution in [0.2, 0.25) is 0 Å². The summed E-state index contributed by atoms with van der Waals surface area (Å²) in [4.78, 5) is 28.0. The molecule has 0 fully saturated rings. The molecule has 27 heavy (non-hydrogen) atoms. The van der Waals surface area contributed by atoms with Crippen molar-refractivity contribution in [3.63, 3.8) is 0 Å². The zero-order valence-corrected chi connectivity index (χ0v) is 17.2. The predicted molar refractivity (Wildman–Crippen MR) is 110 cm³/mol. The molecule has 0 radical (unpaired) electrons. The lowest BCUT2D eigenvalue weighted by molar-refractivity contribution is -0.118. The number of anilines is 1. The SMILES string of the molecule is CCOc1ccc(NC(=O)C(C)C)cc1C(=O)NC(C)c1c[nH]c(SC)c1. The maximum Gasteiger partial charge on any atom is 0.255 e. The number of hydrogen-bond acceptors (Lipinski definition) is 4. The molecular weight excluding hydrogens is 362 g/mol. The lowest BCUT2D eigenvalue weighted by Crippen LogP contribution is -2.27. The van der Waals surface area contributed by atoms with Crippen LogP contribution in [-0.4, -0.2) is 29.7 Å². The van der Waals surface area contributed by atoms with Crippen molar-refractivity contribution in [2.45, 2.75) is 38.8 Å². The standard InChI is InChI=1S/C20H27N3O3S/c1-6-26-17-8-7-15(23-19(24)12(2)3)10-16(17)20(25)22-13(4)14-9-18(27-5)21-11-14/h7-13,21H,6H2,1-5H3,(H,22,25)(H,23,24). The second-order valence-electron chi connectivity index (χ2n) is 6.48. The average Bonchev–Trinajstić information content (AvgIpc) is 3.12. The maximum atomic E-state index is 12.9. The van der Waals surface area contributed by atoms with Gasteiger partial charge in [0.1, 0.15) is 5.75 Å². The number of rotatable bonds is 8. The lowest BCUT2D eigenvalue weighted by Gasteiger charge is -2.16. The van der Waals surface area contributed by atoms with Crippen LogP contribution >= 0.6 is 11.8 Å². The number of thioether (sulfide) groups is 1. The molecule has 1 unspecified atom stereocenters. The van der Waals surface area contributed by atoms with Gasteiger partial charge in [-0.3, -0.25) is 9.59 Å². The number of carbonyl (C=O) groups excluding carboxylic acids is 2. The average molecular weight is 390 g/mol. The summed E-state index contributed by atoms with van der Waals surface area (Å²) in [5.41, 5.74) is 1.96. The predicted octanol–water partition coefficient (Wildman–Crippen LogP) is 4.22. The van der Waals surface area contributed by atoms with Gasteiger partial charge >= 0.3 is 0 Å². The molecule has 1 heterocycles. The fourth-order valence-corrected chi connectivity index (χ4v) is 2.90. The van der Waals surface area contributed by atoms with Crippen LogP contribution in [0, 0.1) is 5.92 Å². The van der Waals surface area contributed by atoms with E-state index in [-0.39, 0.29) is 23.8 Å². The Balaban J connectivity index is 2.21. The Morgan fingerprint density at radius 3 is 2.56 bits per heavy atom. The van der Waals surface area contributed by atoms with Crippen molar-refractivity contribution < 1.29 is 14.3 Å². The van der Waals surface area contributed by atoms with Gasteiger partial charge < -0.3 is 20.4 Å². The molecule has 0 saturated heterocycles. The van der Waals surface area contributed by atoms with Crippen molar-refractivity contribution >= 4 is 29.3 Å². The molecule has 1 aromatic carbocycles. The van der Waals surface area contributed by atoms with Gasteiger partial charge in [-0.25, -0.2) is 0 Å². The number of amides is 2. The molecule has 2 aromatic rings. The van der Waals surface area contributed by atoms with Gasteiger partial charge in [0.2, 0.25) is 5.91 Å². The molecule has 3 N–H and O–H groups in total. The zero-order chi connectivity index (χ0) is 20.0. The van der Waals surface area contributed by atoms with Gasteiger partial charge in [-0.1, -0.05) is 13.8 Å². The first-order valence-electron chi connectivity index (χ1n) is 8.96. The van der Waals surface area contributed by atoms with E-state index in [2.05, 4.69) is 15.6 Å². The summed E-state index contributed by atoms with van der Waals surface area (Å²) in [6.07, 6.45) is 3.88. The molecule has 2 rings (SSSR count). The summed E-state index contributed by atoms with van der Waals surface area (Å²) < 4.78 is 5.59. The minimum atomic E-state index is -0.251. The largest absolute Gasteiger partial charge is 0.493 e. The Morgan fingerprint density at radius 2 is 1.96 bits per heavy atom. The lowest BCUT2D eigenvalue weighted by atomic mass is 10.1. The van der Waals surface area contributed by atoms with Gasteiger partial charge in [0.25, 0.3) is 5.91 Å². The second kappa shape index (κ2) is 9.50. The van der Waals surface area contributed by atoms with Crippen LogP contribution in [0.1, 0.15) is 49.7 Å². The number of hydrogen-bond donors (Lipinski definition) is 3. The number of ether oxygens (including phenoxy) is 1. The second-order valence-corrected chi connectivity index (χ2v) is 7.33. The van der Waals surface area contributed by atoms with Crippen LogP contribution in [0.5, 0.6) is 5.75 Å². The van der Waals surface area contributed by atoms with Gasteiger partial charge in [-0.05, 0) is 49.9 Å². The van der Waals surface area contributed by atoms with E-state index in [1.165, 1.54) is 0 Å². The highest BCUT2D eigenvalue weighted by Gasteiger charge is 2.18. The van der Waals surface area contributed by atoms with Crippen LogP contribution in [0.4, 0.5) is 5.69 Å². The molecular formula is C20H27N3O3S. The van der Waals surface area contributed by atoms with Gasteiger partial charge in [0.05, 0.1) is 23.2 Å². The molecule has 146 valence electrons. The highest BCUT2D eigenvalue weighted by molar-refractivity contribution is 7.98. The summed E-state index contributed by atoms with van der Waals surface area (Å²) in [6.45, 7) is 7.87. The van der Waals surface area contributed by atoms with E-state index in [1.54, 1.807) is 30.0 Å². The van der Waals surface area contributed by atoms with E-state index in [9.17, 15) is 9.59 Å². The van der Waals surface area contributed by atoms with Crippen molar-refractivity contribution in [2.75, 3.05) is 18.2 Å². The monoisotopic (exact) mass is 389 g/mol. The van der Waals surface area contributed by atoms with Gasteiger partial charge in [-0.15, -0.1) is 11.8 Å². The van der Waals surface area contributed by atoms with Crippen molar-refractivity contribution in [3.8, 4) is 5.75 Å². The van der Waals surface area contributed by atoms with Crippen LogP contribution in [0.25, 0.3) is 0 Å². The summed E-state index contributed by atoms with van der Waals surface area (Å²) in [5, 5.41) is 6.85. The Kier molecular flexibility index (Phi) is 7.36. The number of benzene rings is 1. The topological polar surface area (TPSA) is 83.2 Å². The molecule has 0 aliphatic carbocycles. The molecule has 2 amide bonds.